The van der Waals surface area contributed by atoms with Crippen molar-refractivity contribution < 1.29 is 19.1 Å². The minimum Gasteiger partial charge on any atom is -0.508 e. The minimum atomic E-state index is -0.824. The van der Waals surface area contributed by atoms with Crippen LogP contribution in [0.4, 0.5) is 4.39 Å². The Labute approximate surface area is 103 Å². The van der Waals surface area contributed by atoms with E-state index in [1.807, 2.05) is 0 Å². The topological polar surface area (TPSA) is 78.4 Å². The predicted octanol–water partition coefficient (Wildman–Crippen LogP) is 0.540. The fourth-order valence-corrected chi connectivity index (χ4v) is 1.45. The molecule has 6 heteroatoms. The summed E-state index contributed by atoms with van der Waals surface area (Å²) in [5.74, 6) is -2.05. The Bertz CT molecular complexity index is 486. The molecule has 0 saturated heterocycles. The summed E-state index contributed by atoms with van der Waals surface area (Å²) >= 11 is 0. The highest BCUT2D eigenvalue weighted by Gasteiger charge is 2.23. The summed E-state index contributed by atoms with van der Waals surface area (Å²) in [5.41, 5.74) is -0.202. The van der Waals surface area contributed by atoms with E-state index in [9.17, 15) is 14.0 Å². The first-order valence-corrected chi connectivity index (χ1v) is 5.62. The second kappa shape index (κ2) is 5.03. The van der Waals surface area contributed by atoms with E-state index < -0.39 is 11.7 Å². The molecule has 0 aliphatic heterocycles. The van der Waals surface area contributed by atoms with Crippen molar-refractivity contribution in [1.82, 2.24) is 10.6 Å². The minimum absolute atomic E-state index is 0.185. The summed E-state index contributed by atoms with van der Waals surface area (Å²) in [6, 6.07) is 3.44. The van der Waals surface area contributed by atoms with Crippen LogP contribution in [0.1, 0.15) is 23.2 Å². The van der Waals surface area contributed by atoms with Gasteiger partial charge in [-0.25, -0.2) is 4.39 Å². The lowest BCUT2D eigenvalue weighted by Gasteiger charge is -2.06. The van der Waals surface area contributed by atoms with Crippen LogP contribution in [0.5, 0.6) is 5.75 Å². The Morgan fingerprint density at radius 1 is 1.39 bits per heavy atom. The van der Waals surface area contributed by atoms with Crippen LogP contribution in [0, 0.1) is 5.82 Å². The molecule has 0 radical (unpaired) electrons. The van der Waals surface area contributed by atoms with Gasteiger partial charge in [0.2, 0.25) is 5.91 Å². The lowest BCUT2D eigenvalue weighted by atomic mass is 10.2. The zero-order valence-electron chi connectivity index (χ0n) is 9.57. The maximum Gasteiger partial charge on any atom is 0.254 e. The highest BCUT2D eigenvalue weighted by Crippen LogP contribution is 2.18. The molecular formula is C12H13FN2O3. The number of benzene rings is 1. The van der Waals surface area contributed by atoms with Crippen molar-refractivity contribution in [2.24, 2.45) is 0 Å². The van der Waals surface area contributed by atoms with Crippen LogP contribution in [0.25, 0.3) is 0 Å². The number of amides is 2. The van der Waals surface area contributed by atoms with Gasteiger partial charge in [0.25, 0.3) is 5.91 Å². The van der Waals surface area contributed by atoms with E-state index in [-0.39, 0.29) is 29.8 Å². The summed E-state index contributed by atoms with van der Waals surface area (Å²) in [6.45, 7) is -0.185. The molecule has 1 fully saturated rings. The molecular weight excluding hydrogens is 239 g/mol. The number of hydrogen-bond acceptors (Lipinski definition) is 3. The van der Waals surface area contributed by atoms with Crippen molar-refractivity contribution in [3.63, 3.8) is 0 Å². The third-order valence-electron chi connectivity index (χ3n) is 2.55. The van der Waals surface area contributed by atoms with E-state index in [2.05, 4.69) is 10.6 Å². The van der Waals surface area contributed by atoms with E-state index >= 15 is 0 Å². The first-order valence-electron chi connectivity index (χ1n) is 5.62. The smallest absolute Gasteiger partial charge is 0.254 e. The molecule has 18 heavy (non-hydrogen) atoms. The number of carbonyl (C=O) groups excluding carboxylic acids is 2. The van der Waals surface area contributed by atoms with Crippen molar-refractivity contribution in [3.8, 4) is 5.75 Å². The van der Waals surface area contributed by atoms with Gasteiger partial charge in [-0.3, -0.25) is 9.59 Å². The third kappa shape index (κ3) is 3.19. The third-order valence-corrected chi connectivity index (χ3v) is 2.55. The Hall–Kier alpha value is -2.11. The van der Waals surface area contributed by atoms with Crippen LogP contribution < -0.4 is 10.6 Å². The maximum atomic E-state index is 13.3. The molecule has 0 atom stereocenters. The van der Waals surface area contributed by atoms with Gasteiger partial charge >= 0.3 is 0 Å². The van der Waals surface area contributed by atoms with E-state index in [1.165, 1.54) is 12.1 Å². The molecule has 0 heterocycles. The molecule has 0 aromatic heterocycles. The zero-order valence-corrected chi connectivity index (χ0v) is 9.57. The number of phenolic OH excluding ortho intramolecular Hbond substituents is 1. The lowest BCUT2D eigenvalue weighted by Crippen LogP contribution is -2.38. The van der Waals surface area contributed by atoms with Gasteiger partial charge in [0.05, 0.1) is 12.1 Å². The highest BCUT2D eigenvalue weighted by atomic mass is 19.1. The van der Waals surface area contributed by atoms with E-state index in [0.717, 1.165) is 18.9 Å². The lowest BCUT2D eigenvalue weighted by molar-refractivity contribution is -0.120. The average Bonchev–Trinajstić information content (AvgIpc) is 3.10. The van der Waals surface area contributed by atoms with Crippen LogP contribution in [0.15, 0.2) is 18.2 Å². The van der Waals surface area contributed by atoms with Crippen LogP contribution >= 0.6 is 0 Å². The fourth-order valence-electron chi connectivity index (χ4n) is 1.45. The van der Waals surface area contributed by atoms with E-state index in [4.69, 9.17) is 5.11 Å². The molecule has 96 valence electrons. The molecule has 1 aliphatic rings. The number of aromatic hydroxyl groups is 1. The van der Waals surface area contributed by atoms with Crippen LogP contribution in [0.2, 0.25) is 0 Å². The van der Waals surface area contributed by atoms with Crippen molar-refractivity contribution >= 4 is 11.8 Å². The molecule has 2 rings (SSSR count). The summed E-state index contributed by atoms with van der Waals surface area (Å²) < 4.78 is 13.3. The molecule has 1 aromatic carbocycles. The maximum absolute atomic E-state index is 13.3. The first kappa shape index (κ1) is 12.3. The standard InChI is InChI=1S/C12H13FN2O3/c13-10-5-8(16)3-4-9(10)12(18)14-6-11(17)15-7-1-2-7/h3-5,7,16H,1-2,6H2,(H,14,18)(H,15,17). The van der Waals surface area contributed by atoms with Crippen molar-refractivity contribution in [2.75, 3.05) is 6.54 Å². The van der Waals surface area contributed by atoms with Gasteiger partial charge in [-0.1, -0.05) is 0 Å². The summed E-state index contributed by atoms with van der Waals surface area (Å²) in [7, 11) is 0. The summed E-state index contributed by atoms with van der Waals surface area (Å²) in [6.07, 6.45) is 1.93. The fraction of sp³-hybridized carbons (Fsp3) is 0.333. The average molecular weight is 252 g/mol. The second-order valence-electron chi connectivity index (χ2n) is 4.19. The van der Waals surface area contributed by atoms with Crippen molar-refractivity contribution in [3.05, 3.63) is 29.6 Å². The second-order valence-corrected chi connectivity index (χ2v) is 4.19. The summed E-state index contributed by atoms with van der Waals surface area (Å²) in [5, 5.41) is 14.0. The largest absolute Gasteiger partial charge is 0.508 e. The van der Waals surface area contributed by atoms with E-state index in [1.54, 1.807) is 0 Å². The Morgan fingerprint density at radius 2 is 2.11 bits per heavy atom. The van der Waals surface area contributed by atoms with E-state index in [0.29, 0.717) is 0 Å². The van der Waals surface area contributed by atoms with Crippen LogP contribution in [0.3, 0.4) is 0 Å². The van der Waals surface area contributed by atoms with Gasteiger partial charge in [-0.2, -0.15) is 0 Å². The SMILES string of the molecule is O=C(CNC(=O)c1ccc(O)cc1F)NC1CC1. The van der Waals surface area contributed by atoms with Gasteiger partial charge in [-0.05, 0) is 25.0 Å². The summed E-state index contributed by atoms with van der Waals surface area (Å²) in [4.78, 5) is 22.9. The number of nitrogens with one attached hydrogen (secondary N) is 2. The van der Waals surface area contributed by atoms with Crippen LogP contribution in [-0.2, 0) is 4.79 Å². The van der Waals surface area contributed by atoms with Crippen molar-refractivity contribution in [1.29, 1.82) is 0 Å². The normalized spacial score (nSPS) is 14.1. The van der Waals surface area contributed by atoms with Crippen LogP contribution in [-0.4, -0.2) is 29.5 Å². The van der Waals surface area contributed by atoms with Gasteiger partial charge in [0.15, 0.2) is 0 Å². The monoisotopic (exact) mass is 252 g/mol. The number of rotatable bonds is 4. The predicted molar refractivity (Wildman–Crippen MR) is 61.6 cm³/mol. The van der Waals surface area contributed by atoms with Gasteiger partial charge in [-0.15, -0.1) is 0 Å². The molecule has 2 amide bonds. The van der Waals surface area contributed by atoms with Crippen molar-refractivity contribution in [2.45, 2.75) is 18.9 Å². The zero-order chi connectivity index (χ0) is 13.1. The molecule has 1 aliphatic carbocycles. The highest BCUT2D eigenvalue weighted by molar-refractivity contribution is 5.96. The Balaban J connectivity index is 1.88. The van der Waals surface area contributed by atoms with Gasteiger partial charge in [0, 0.05) is 12.1 Å². The number of halogens is 1. The van der Waals surface area contributed by atoms with Gasteiger partial charge in [0.1, 0.15) is 11.6 Å². The number of carbonyl (C=O) groups is 2. The number of phenols is 1. The molecule has 1 saturated carbocycles. The molecule has 3 N–H and O–H groups in total. The van der Waals surface area contributed by atoms with Gasteiger partial charge < -0.3 is 15.7 Å². The molecule has 5 nitrogen and oxygen atoms in total. The first-order chi connectivity index (χ1) is 8.56. The molecule has 1 aromatic rings. The quantitative estimate of drug-likeness (QED) is 0.731. The Kier molecular flexibility index (Phi) is 3.45. The molecule has 0 bridgehead atoms. The molecule has 0 unspecified atom stereocenters. The molecule has 0 spiro atoms. The number of hydrogen-bond donors (Lipinski definition) is 3. The Morgan fingerprint density at radius 3 is 2.72 bits per heavy atom.